The van der Waals surface area contributed by atoms with Crippen molar-refractivity contribution in [1.29, 1.82) is 0 Å². The average molecular weight is 434 g/mol. The van der Waals surface area contributed by atoms with Crippen LogP contribution in [0.4, 0.5) is 4.39 Å². The minimum atomic E-state index is -1.93. The number of aliphatic hydroxyl groups excluding tert-OH is 1. The Kier molecular flexibility index (Phi) is 4.45. The molecule has 0 spiro atoms. The predicted octanol–water partition coefficient (Wildman–Crippen LogP) is 1.87. The fraction of sp³-hybridized carbons (Fsp3) is 0.292. The summed E-state index contributed by atoms with van der Waals surface area (Å²) in [4.78, 5) is 30.2. The molecule has 1 aromatic carbocycles. The maximum atomic E-state index is 14.3. The molecule has 0 fully saturated rings. The molecule has 2 aliphatic heterocycles. The van der Waals surface area contributed by atoms with E-state index in [4.69, 9.17) is 4.74 Å². The van der Waals surface area contributed by atoms with Gasteiger partial charge in [0.05, 0.1) is 29.0 Å². The molecule has 5 rings (SSSR count). The van der Waals surface area contributed by atoms with Gasteiger partial charge in [0.25, 0.3) is 5.56 Å². The van der Waals surface area contributed by atoms with Crippen molar-refractivity contribution < 1.29 is 24.1 Å². The van der Waals surface area contributed by atoms with Crippen LogP contribution in [0.2, 0.25) is 0 Å². The van der Waals surface area contributed by atoms with Crippen LogP contribution in [0.3, 0.4) is 0 Å². The van der Waals surface area contributed by atoms with Crippen molar-refractivity contribution >= 4 is 16.9 Å². The Hall–Kier alpha value is -3.54. The average Bonchev–Trinajstić information content (AvgIpc) is 3.14. The Morgan fingerprint density at radius 1 is 1.28 bits per heavy atom. The van der Waals surface area contributed by atoms with Crippen molar-refractivity contribution in [2.45, 2.75) is 39.0 Å². The molecule has 2 aliphatic rings. The summed E-state index contributed by atoms with van der Waals surface area (Å²) in [6.07, 6.45) is 0.0391. The number of hydrogen-bond donors (Lipinski definition) is 2. The summed E-state index contributed by atoms with van der Waals surface area (Å²) in [6, 6.07) is 4.56. The first-order chi connectivity index (χ1) is 15.3. The van der Waals surface area contributed by atoms with E-state index in [0.717, 1.165) is 0 Å². The summed E-state index contributed by atoms with van der Waals surface area (Å²) < 4.78 is 20.9. The summed E-state index contributed by atoms with van der Waals surface area (Å²) in [5, 5.41) is 20.8. The molecular formula is C24H19FN2O5. The lowest BCUT2D eigenvalue weighted by Gasteiger charge is -2.31. The Labute approximate surface area is 182 Å². The van der Waals surface area contributed by atoms with Gasteiger partial charge in [-0.2, -0.15) is 0 Å². The SMILES string of the molecule is CC[C@@]1(O)C(=O)OCc2c1cc1n(c2=O)Cc2c-1nc1cc(F)c(C)cc1c2C#CCO. The molecule has 0 radical (unpaired) electrons. The van der Waals surface area contributed by atoms with Gasteiger partial charge in [0, 0.05) is 28.1 Å². The number of carbonyl (C=O) groups is 1. The number of carbonyl (C=O) groups excluding carboxylic acids is 1. The van der Waals surface area contributed by atoms with E-state index in [1.165, 1.54) is 10.6 Å². The van der Waals surface area contributed by atoms with E-state index < -0.39 is 17.4 Å². The summed E-state index contributed by atoms with van der Waals surface area (Å²) in [5.41, 5.74) is 0.974. The van der Waals surface area contributed by atoms with Crippen molar-refractivity contribution in [2.75, 3.05) is 6.61 Å². The highest BCUT2D eigenvalue weighted by molar-refractivity contribution is 5.92. The minimum absolute atomic E-state index is 0.0391. The number of nitrogens with zero attached hydrogens (tertiary/aromatic N) is 2. The Morgan fingerprint density at radius 3 is 2.78 bits per heavy atom. The summed E-state index contributed by atoms with van der Waals surface area (Å²) in [7, 11) is 0. The van der Waals surface area contributed by atoms with Gasteiger partial charge < -0.3 is 19.5 Å². The maximum Gasteiger partial charge on any atom is 0.343 e. The number of hydrogen-bond acceptors (Lipinski definition) is 6. The van der Waals surface area contributed by atoms with E-state index >= 15 is 0 Å². The normalized spacial score (nSPS) is 18.5. The van der Waals surface area contributed by atoms with E-state index in [2.05, 4.69) is 16.8 Å². The molecule has 8 heteroatoms. The van der Waals surface area contributed by atoms with Crippen LogP contribution in [0, 0.1) is 24.6 Å². The summed E-state index contributed by atoms with van der Waals surface area (Å²) in [5.74, 6) is 4.35. The van der Waals surface area contributed by atoms with E-state index in [-0.39, 0.29) is 42.9 Å². The van der Waals surface area contributed by atoms with Gasteiger partial charge in [0.1, 0.15) is 19.0 Å². The van der Waals surface area contributed by atoms with E-state index in [1.807, 2.05) is 0 Å². The third-order valence-corrected chi connectivity index (χ3v) is 6.26. The fourth-order valence-corrected chi connectivity index (χ4v) is 4.48. The van der Waals surface area contributed by atoms with Gasteiger partial charge in [-0.25, -0.2) is 14.2 Å². The standard InChI is InChI=1S/C24H19FN2O5/c1-3-24(31)17-8-20-21-15(10-27(20)22(29)16(17)11-32-23(24)30)13(5-4-6-28)14-7-12(2)18(25)9-19(14)26-21/h7-9,28,31H,3,6,10-11H2,1-2H3/t24-/m0/s1. The molecule has 0 unspecified atom stereocenters. The molecule has 162 valence electrons. The van der Waals surface area contributed by atoms with Crippen LogP contribution >= 0.6 is 0 Å². The molecule has 2 aromatic heterocycles. The van der Waals surface area contributed by atoms with Crippen LogP contribution in [-0.4, -0.2) is 32.3 Å². The first kappa shape index (κ1) is 20.4. The lowest BCUT2D eigenvalue weighted by Crippen LogP contribution is -2.44. The molecule has 4 heterocycles. The van der Waals surface area contributed by atoms with Crippen molar-refractivity contribution in [3.8, 4) is 23.2 Å². The zero-order valence-corrected chi connectivity index (χ0v) is 17.5. The van der Waals surface area contributed by atoms with Crippen LogP contribution < -0.4 is 5.56 Å². The number of aliphatic hydroxyl groups is 2. The van der Waals surface area contributed by atoms with Gasteiger partial charge in [-0.1, -0.05) is 18.8 Å². The maximum absolute atomic E-state index is 14.3. The van der Waals surface area contributed by atoms with Gasteiger partial charge in [0.2, 0.25) is 0 Å². The second kappa shape index (κ2) is 6.99. The quantitative estimate of drug-likeness (QED) is 0.350. The minimum Gasteiger partial charge on any atom is -0.458 e. The molecular weight excluding hydrogens is 415 g/mol. The number of pyridine rings is 2. The number of benzene rings is 1. The van der Waals surface area contributed by atoms with Crippen LogP contribution in [0.15, 0.2) is 23.0 Å². The molecule has 0 bridgehead atoms. The molecule has 3 aromatic rings. The Bertz CT molecular complexity index is 1460. The number of aryl methyl sites for hydroxylation is 1. The predicted molar refractivity (Wildman–Crippen MR) is 113 cm³/mol. The van der Waals surface area contributed by atoms with Crippen molar-refractivity contribution in [1.82, 2.24) is 9.55 Å². The van der Waals surface area contributed by atoms with Gasteiger partial charge >= 0.3 is 5.97 Å². The first-order valence-corrected chi connectivity index (χ1v) is 10.2. The molecule has 7 nitrogen and oxygen atoms in total. The molecule has 32 heavy (non-hydrogen) atoms. The number of esters is 1. The molecule has 0 amide bonds. The summed E-state index contributed by atoms with van der Waals surface area (Å²) in [6.45, 7) is 2.87. The number of cyclic esters (lactones) is 1. The second-order valence-corrected chi connectivity index (χ2v) is 8.00. The van der Waals surface area contributed by atoms with Crippen molar-refractivity contribution in [3.63, 3.8) is 0 Å². The number of halogens is 1. The largest absolute Gasteiger partial charge is 0.458 e. The van der Waals surface area contributed by atoms with Crippen LogP contribution in [0.1, 0.15) is 41.2 Å². The number of aromatic nitrogens is 2. The Balaban J connectivity index is 1.86. The fourth-order valence-electron chi connectivity index (χ4n) is 4.48. The smallest absolute Gasteiger partial charge is 0.343 e. The van der Waals surface area contributed by atoms with Gasteiger partial charge in [0.15, 0.2) is 5.60 Å². The lowest BCUT2D eigenvalue weighted by atomic mass is 9.86. The second-order valence-electron chi connectivity index (χ2n) is 8.00. The molecule has 0 aliphatic carbocycles. The highest BCUT2D eigenvalue weighted by Crippen LogP contribution is 2.40. The van der Waals surface area contributed by atoms with E-state index in [0.29, 0.717) is 39.0 Å². The van der Waals surface area contributed by atoms with E-state index in [9.17, 15) is 24.2 Å². The highest BCUT2D eigenvalue weighted by Gasteiger charge is 2.45. The Morgan fingerprint density at radius 2 is 2.06 bits per heavy atom. The first-order valence-electron chi connectivity index (χ1n) is 10.2. The van der Waals surface area contributed by atoms with Gasteiger partial charge in [-0.05, 0) is 31.0 Å². The third-order valence-electron chi connectivity index (χ3n) is 6.26. The van der Waals surface area contributed by atoms with Gasteiger partial charge in [-0.3, -0.25) is 4.79 Å². The number of fused-ring (bicyclic) bond motifs is 5. The number of ether oxygens (including phenoxy) is 1. The lowest BCUT2D eigenvalue weighted by molar-refractivity contribution is -0.172. The third kappa shape index (κ3) is 2.65. The zero-order chi connectivity index (χ0) is 22.8. The number of rotatable bonds is 1. The monoisotopic (exact) mass is 434 g/mol. The van der Waals surface area contributed by atoms with Crippen molar-refractivity contribution in [2.24, 2.45) is 0 Å². The highest BCUT2D eigenvalue weighted by atomic mass is 19.1. The molecule has 0 saturated heterocycles. The van der Waals surface area contributed by atoms with Crippen LogP contribution in [-0.2, 0) is 28.3 Å². The zero-order valence-electron chi connectivity index (χ0n) is 17.5. The van der Waals surface area contributed by atoms with E-state index in [1.54, 1.807) is 26.0 Å². The topological polar surface area (TPSA) is 102 Å². The molecule has 0 saturated carbocycles. The molecule has 1 atom stereocenters. The van der Waals surface area contributed by atoms with Gasteiger partial charge in [-0.15, -0.1) is 0 Å². The van der Waals surface area contributed by atoms with Crippen LogP contribution in [0.25, 0.3) is 22.3 Å². The van der Waals surface area contributed by atoms with Crippen molar-refractivity contribution in [3.05, 3.63) is 62.2 Å². The summed E-state index contributed by atoms with van der Waals surface area (Å²) >= 11 is 0. The van der Waals surface area contributed by atoms with Crippen LogP contribution in [0.5, 0.6) is 0 Å². The molecule has 2 N–H and O–H groups in total.